The van der Waals surface area contributed by atoms with Crippen molar-refractivity contribution in [1.82, 2.24) is 0 Å². The third-order valence-corrected chi connectivity index (χ3v) is 4.71. The van der Waals surface area contributed by atoms with Crippen LogP contribution in [-0.4, -0.2) is 5.11 Å². The normalized spacial score (nSPS) is 29.3. The smallest absolute Gasteiger partial charge is 0.0901 e. The monoisotopic (exact) mass is 280 g/mol. The lowest BCUT2D eigenvalue weighted by Crippen LogP contribution is -2.35. The fourth-order valence-electron chi connectivity index (χ4n) is 3.93. The number of hydrogen-bond donors (Lipinski definition) is 1. The van der Waals surface area contributed by atoms with E-state index >= 15 is 0 Å². The maximum atomic E-state index is 11.0. The van der Waals surface area contributed by atoms with Gasteiger partial charge in [-0.2, -0.15) is 0 Å². The molecule has 2 unspecified atom stereocenters. The van der Waals surface area contributed by atoms with E-state index in [1.54, 1.807) is 0 Å². The van der Waals surface area contributed by atoms with Gasteiger partial charge in [-0.3, -0.25) is 0 Å². The molecule has 1 aliphatic rings. The zero-order valence-corrected chi connectivity index (χ0v) is 12.9. The molecule has 2 aromatic carbocycles. The van der Waals surface area contributed by atoms with Crippen molar-refractivity contribution in [1.29, 1.82) is 0 Å². The quantitative estimate of drug-likeness (QED) is 0.821. The van der Waals surface area contributed by atoms with E-state index in [4.69, 9.17) is 0 Å². The number of hydrogen-bond acceptors (Lipinski definition) is 1. The zero-order valence-electron chi connectivity index (χ0n) is 12.9. The first kappa shape index (κ1) is 14.3. The summed E-state index contributed by atoms with van der Waals surface area (Å²) in [4.78, 5) is 0. The summed E-state index contributed by atoms with van der Waals surface area (Å²) in [7, 11) is 0. The van der Waals surface area contributed by atoms with Crippen molar-refractivity contribution in [3.8, 4) is 11.1 Å². The van der Waals surface area contributed by atoms with Crippen LogP contribution in [0.4, 0.5) is 0 Å². The molecule has 0 saturated heterocycles. The Balaban J connectivity index is 1.87. The number of benzene rings is 2. The minimum Gasteiger partial charge on any atom is -0.385 e. The van der Waals surface area contributed by atoms with Gasteiger partial charge in [0.1, 0.15) is 0 Å². The van der Waals surface area contributed by atoms with Crippen molar-refractivity contribution < 1.29 is 5.11 Å². The van der Waals surface area contributed by atoms with Gasteiger partial charge in [0, 0.05) is 0 Å². The van der Waals surface area contributed by atoms with Gasteiger partial charge in [-0.15, -0.1) is 0 Å². The first-order chi connectivity index (χ1) is 10.1. The summed E-state index contributed by atoms with van der Waals surface area (Å²) in [6, 6.07) is 18.9. The summed E-state index contributed by atoms with van der Waals surface area (Å²) in [5.41, 5.74) is 2.86. The molecule has 110 valence electrons. The standard InChI is InChI=1S/C20H24O/c1-15-12-16(2)14-20(21,13-15)19-10-8-18(9-11-19)17-6-4-3-5-7-17/h3-11,15-16,21H,12-14H2,1-2H3. The summed E-state index contributed by atoms with van der Waals surface area (Å²) in [5, 5.41) is 11.0. The zero-order chi connectivity index (χ0) is 14.9. The van der Waals surface area contributed by atoms with Crippen LogP contribution < -0.4 is 0 Å². The minimum atomic E-state index is -0.647. The van der Waals surface area contributed by atoms with Gasteiger partial charge >= 0.3 is 0 Å². The van der Waals surface area contributed by atoms with E-state index in [1.807, 2.05) is 6.07 Å². The molecule has 0 spiro atoms. The van der Waals surface area contributed by atoms with Gasteiger partial charge in [0.2, 0.25) is 0 Å². The molecule has 1 fully saturated rings. The fraction of sp³-hybridized carbons (Fsp3) is 0.400. The third-order valence-electron chi connectivity index (χ3n) is 4.71. The Kier molecular flexibility index (Phi) is 3.86. The molecular weight excluding hydrogens is 256 g/mol. The van der Waals surface area contributed by atoms with Crippen LogP contribution in [-0.2, 0) is 5.60 Å². The molecule has 1 aliphatic carbocycles. The highest BCUT2D eigenvalue weighted by molar-refractivity contribution is 5.63. The molecule has 2 atom stereocenters. The average molecular weight is 280 g/mol. The van der Waals surface area contributed by atoms with Gasteiger partial charge in [-0.1, -0.05) is 68.4 Å². The van der Waals surface area contributed by atoms with E-state index < -0.39 is 5.60 Å². The van der Waals surface area contributed by atoms with Gasteiger partial charge in [0.05, 0.1) is 5.60 Å². The summed E-state index contributed by atoms with van der Waals surface area (Å²) in [6.07, 6.45) is 2.98. The first-order valence-corrected chi connectivity index (χ1v) is 7.95. The summed E-state index contributed by atoms with van der Waals surface area (Å²) >= 11 is 0. The molecule has 21 heavy (non-hydrogen) atoms. The first-order valence-electron chi connectivity index (χ1n) is 7.95. The highest BCUT2D eigenvalue weighted by atomic mass is 16.3. The Morgan fingerprint density at radius 1 is 0.810 bits per heavy atom. The molecular formula is C20H24O. The maximum absolute atomic E-state index is 11.0. The second-order valence-corrected chi connectivity index (χ2v) is 6.83. The molecule has 0 bridgehead atoms. The predicted octanol–water partition coefficient (Wildman–Crippen LogP) is 5.00. The van der Waals surface area contributed by atoms with Crippen LogP contribution >= 0.6 is 0 Å². The van der Waals surface area contributed by atoms with Crippen molar-refractivity contribution in [2.24, 2.45) is 11.8 Å². The van der Waals surface area contributed by atoms with E-state index in [1.165, 1.54) is 17.5 Å². The van der Waals surface area contributed by atoms with Crippen LogP contribution in [0.15, 0.2) is 54.6 Å². The Morgan fingerprint density at radius 2 is 1.33 bits per heavy atom. The molecule has 1 saturated carbocycles. The van der Waals surface area contributed by atoms with Crippen LogP contribution in [0.5, 0.6) is 0 Å². The lowest BCUT2D eigenvalue weighted by molar-refractivity contribution is -0.0362. The van der Waals surface area contributed by atoms with Crippen molar-refractivity contribution in [2.75, 3.05) is 0 Å². The average Bonchev–Trinajstić information content (AvgIpc) is 2.47. The molecule has 0 aromatic heterocycles. The van der Waals surface area contributed by atoms with Gasteiger partial charge in [-0.25, -0.2) is 0 Å². The largest absolute Gasteiger partial charge is 0.385 e. The third kappa shape index (κ3) is 3.03. The second kappa shape index (κ2) is 5.65. The van der Waals surface area contributed by atoms with Crippen LogP contribution in [0.25, 0.3) is 11.1 Å². The van der Waals surface area contributed by atoms with E-state index in [9.17, 15) is 5.11 Å². The summed E-state index contributed by atoms with van der Waals surface area (Å²) in [6.45, 7) is 4.50. The SMILES string of the molecule is CC1CC(C)CC(O)(c2ccc(-c3ccccc3)cc2)C1. The van der Waals surface area contributed by atoms with Gasteiger partial charge < -0.3 is 5.11 Å². The van der Waals surface area contributed by atoms with Gasteiger partial charge in [-0.05, 0) is 47.8 Å². The lowest BCUT2D eigenvalue weighted by Gasteiger charge is -2.39. The molecule has 0 aliphatic heterocycles. The fourth-order valence-corrected chi connectivity index (χ4v) is 3.93. The Bertz CT molecular complexity index is 575. The highest BCUT2D eigenvalue weighted by Crippen LogP contribution is 2.42. The molecule has 1 N–H and O–H groups in total. The van der Waals surface area contributed by atoms with E-state index in [2.05, 4.69) is 62.4 Å². The molecule has 0 heterocycles. The predicted molar refractivity (Wildman–Crippen MR) is 88.0 cm³/mol. The van der Waals surface area contributed by atoms with Crippen molar-refractivity contribution in [3.05, 3.63) is 60.2 Å². The Hall–Kier alpha value is -1.60. The van der Waals surface area contributed by atoms with Crippen molar-refractivity contribution >= 4 is 0 Å². The minimum absolute atomic E-state index is 0.590. The van der Waals surface area contributed by atoms with Crippen LogP contribution in [0.3, 0.4) is 0 Å². The second-order valence-electron chi connectivity index (χ2n) is 6.83. The summed E-state index contributed by atoms with van der Waals surface area (Å²) in [5.74, 6) is 1.18. The van der Waals surface area contributed by atoms with Crippen molar-refractivity contribution in [2.45, 2.75) is 38.7 Å². The highest BCUT2D eigenvalue weighted by Gasteiger charge is 2.37. The lowest BCUT2D eigenvalue weighted by atomic mass is 9.71. The number of rotatable bonds is 2. The van der Waals surface area contributed by atoms with E-state index in [0.29, 0.717) is 11.8 Å². The van der Waals surface area contributed by atoms with E-state index in [0.717, 1.165) is 18.4 Å². The Morgan fingerprint density at radius 3 is 1.90 bits per heavy atom. The van der Waals surface area contributed by atoms with Crippen LogP contribution in [0.2, 0.25) is 0 Å². The molecule has 0 amide bonds. The topological polar surface area (TPSA) is 20.2 Å². The summed E-state index contributed by atoms with van der Waals surface area (Å²) < 4.78 is 0. The van der Waals surface area contributed by atoms with Crippen molar-refractivity contribution in [3.63, 3.8) is 0 Å². The van der Waals surface area contributed by atoms with Gasteiger partial charge in [0.15, 0.2) is 0 Å². The maximum Gasteiger partial charge on any atom is 0.0901 e. The van der Waals surface area contributed by atoms with Crippen LogP contribution in [0.1, 0.15) is 38.7 Å². The van der Waals surface area contributed by atoms with E-state index in [-0.39, 0.29) is 0 Å². The van der Waals surface area contributed by atoms with Crippen LogP contribution in [0, 0.1) is 11.8 Å². The molecule has 3 rings (SSSR count). The molecule has 0 radical (unpaired) electrons. The van der Waals surface area contributed by atoms with Gasteiger partial charge in [0.25, 0.3) is 0 Å². The molecule has 1 nitrogen and oxygen atoms in total. The Labute approximate surface area is 127 Å². The molecule has 1 heteroatoms. The molecule has 2 aromatic rings. The number of aliphatic hydroxyl groups is 1.